The van der Waals surface area contributed by atoms with E-state index in [0.717, 1.165) is 5.69 Å². The van der Waals surface area contributed by atoms with Crippen molar-refractivity contribution in [3.8, 4) is 0 Å². The highest BCUT2D eigenvalue weighted by Crippen LogP contribution is 2.15. The highest BCUT2D eigenvalue weighted by Gasteiger charge is 2.15. The van der Waals surface area contributed by atoms with Crippen LogP contribution < -0.4 is 10.9 Å². The zero-order valence-electron chi connectivity index (χ0n) is 16.9. The number of benzene rings is 2. The Hall–Kier alpha value is -3.94. The fraction of sp³-hybridized carbons (Fsp3) is 0.182. The summed E-state index contributed by atoms with van der Waals surface area (Å²) in [6.45, 7) is 1.68. The van der Waals surface area contributed by atoms with E-state index in [-0.39, 0.29) is 23.9 Å². The summed E-state index contributed by atoms with van der Waals surface area (Å²) >= 11 is 0. The normalized spacial score (nSPS) is 11.0. The maximum absolute atomic E-state index is 13.0. The molecule has 8 heteroatoms. The topological polar surface area (TPSA) is 88.7 Å². The van der Waals surface area contributed by atoms with Crippen LogP contribution in [-0.2, 0) is 11.3 Å². The summed E-state index contributed by atoms with van der Waals surface area (Å²) in [5, 5.41) is 7.74. The molecular weight excluding hydrogens is 382 g/mol. The first-order valence-electron chi connectivity index (χ1n) is 9.44. The van der Waals surface area contributed by atoms with Gasteiger partial charge in [-0.05, 0) is 43.3 Å². The van der Waals surface area contributed by atoms with Crippen LogP contribution in [0.15, 0.2) is 59.4 Å². The minimum atomic E-state index is -0.347. The van der Waals surface area contributed by atoms with Crippen molar-refractivity contribution in [3.05, 3.63) is 76.2 Å². The van der Waals surface area contributed by atoms with E-state index in [0.29, 0.717) is 27.8 Å². The van der Waals surface area contributed by atoms with Crippen molar-refractivity contribution in [2.45, 2.75) is 13.5 Å². The fourth-order valence-electron chi connectivity index (χ4n) is 3.40. The standard InChI is InChI=1S/C22H21N5O3/c1-14-12-20-26(22(30)17-6-4-5-7-18(17)27(20)24-14)13-19(28)23-16-10-8-15(9-11-16)21(29)25(2)3/h4-12H,13H2,1-3H3,(H,23,28). The second kappa shape index (κ2) is 7.47. The van der Waals surface area contributed by atoms with Crippen LogP contribution in [-0.4, -0.2) is 45.0 Å². The first kappa shape index (κ1) is 19.4. The van der Waals surface area contributed by atoms with Crippen LogP contribution in [0.5, 0.6) is 0 Å². The van der Waals surface area contributed by atoms with Gasteiger partial charge in [-0.15, -0.1) is 0 Å². The Morgan fingerprint density at radius 1 is 1.07 bits per heavy atom. The van der Waals surface area contributed by atoms with Gasteiger partial charge < -0.3 is 10.2 Å². The Bertz CT molecular complexity index is 1330. The molecule has 0 atom stereocenters. The number of aryl methyl sites for hydroxylation is 1. The molecule has 4 rings (SSSR count). The largest absolute Gasteiger partial charge is 0.345 e. The average Bonchev–Trinajstić information content (AvgIpc) is 3.12. The van der Waals surface area contributed by atoms with Gasteiger partial charge in [0.1, 0.15) is 12.2 Å². The first-order chi connectivity index (χ1) is 14.3. The Morgan fingerprint density at radius 2 is 1.77 bits per heavy atom. The number of amides is 2. The Morgan fingerprint density at radius 3 is 2.47 bits per heavy atom. The summed E-state index contributed by atoms with van der Waals surface area (Å²) in [5.41, 5.74) is 2.83. The third kappa shape index (κ3) is 3.43. The van der Waals surface area contributed by atoms with Crippen molar-refractivity contribution in [3.63, 3.8) is 0 Å². The smallest absolute Gasteiger partial charge is 0.262 e. The molecule has 1 N–H and O–H groups in total. The van der Waals surface area contributed by atoms with E-state index in [9.17, 15) is 14.4 Å². The van der Waals surface area contributed by atoms with Crippen LogP contribution in [0.2, 0.25) is 0 Å². The summed E-state index contributed by atoms with van der Waals surface area (Å²) in [5.74, 6) is -0.464. The third-order valence-electron chi connectivity index (χ3n) is 4.82. The van der Waals surface area contributed by atoms with E-state index in [2.05, 4.69) is 10.4 Å². The maximum atomic E-state index is 13.0. The highest BCUT2D eigenvalue weighted by molar-refractivity contribution is 5.95. The van der Waals surface area contributed by atoms with Crippen LogP contribution in [0, 0.1) is 6.92 Å². The minimum absolute atomic E-state index is 0.117. The van der Waals surface area contributed by atoms with E-state index in [4.69, 9.17) is 0 Å². The molecule has 0 bridgehead atoms. The lowest BCUT2D eigenvalue weighted by molar-refractivity contribution is -0.116. The molecule has 152 valence electrons. The first-order valence-corrected chi connectivity index (χ1v) is 9.44. The summed E-state index contributed by atoms with van der Waals surface area (Å²) in [6, 6.07) is 15.6. The summed E-state index contributed by atoms with van der Waals surface area (Å²) in [7, 11) is 3.36. The molecule has 8 nitrogen and oxygen atoms in total. The molecule has 0 fully saturated rings. The number of fused-ring (bicyclic) bond motifs is 3. The van der Waals surface area contributed by atoms with Crippen LogP contribution >= 0.6 is 0 Å². The van der Waals surface area contributed by atoms with Crippen molar-refractivity contribution in [2.24, 2.45) is 0 Å². The van der Waals surface area contributed by atoms with Gasteiger partial charge >= 0.3 is 0 Å². The number of hydrogen-bond acceptors (Lipinski definition) is 4. The Kier molecular flexibility index (Phi) is 4.83. The second-order valence-corrected chi connectivity index (χ2v) is 7.29. The van der Waals surface area contributed by atoms with Gasteiger partial charge in [-0.2, -0.15) is 5.10 Å². The van der Waals surface area contributed by atoms with Crippen molar-refractivity contribution in [2.75, 3.05) is 19.4 Å². The molecule has 4 aromatic rings. The fourth-order valence-corrected chi connectivity index (χ4v) is 3.40. The molecule has 2 amide bonds. The molecule has 0 aliphatic carbocycles. The zero-order chi connectivity index (χ0) is 21.4. The van der Waals surface area contributed by atoms with E-state index in [1.165, 1.54) is 9.47 Å². The summed E-state index contributed by atoms with van der Waals surface area (Å²) in [6.07, 6.45) is 0. The number of para-hydroxylation sites is 1. The number of carbonyl (C=O) groups excluding carboxylic acids is 2. The monoisotopic (exact) mass is 403 g/mol. The lowest BCUT2D eigenvalue weighted by atomic mass is 10.2. The molecule has 2 heterocycles. The summed E-state index contributed by atoms with van der Waals surface area (Å²) < 4.78 is 3.10. The van der Waals surface area contributed by atoms with Gasteiger partial charge in [0.15, 0.2) is 0 Å². The van der Waals surface area contributed by atoms with Crippen molar-refractivity contribution in [1.82, 2.24) is 19.1 Å². The molecule has 2 aromatic heterocycles. The van der Waals surface area contributed by atoms with Crippen LogP contribution in [0.3, 0.4) is 0 Å². The van der Waals surface area contributed by atoms with E-state index in [1.54, 1.807) is 61.1 Å². The van der Waals surface area contributed by atoms with Gasteiger partial charge in [-0.1, -0.05) is 12.1 Å². The molecule has 2 aromatic carbocycles. The van der Waals surface area contributed by atoms with E-state index >= 15 is 0 Å². The summed E-state index contributed by atoms with van der Waals surface area (Å²) in [4.78, 5) is 39.2. The average molecular weight is 403 g/mol. The highest BCUT2D eigenvalue weighted by atomic mass is 16.2. The third-order valence-corrected chi connectivity index (χ3v) is 4.82. The van der Waals surface area contributed by atoms with Crippen molar-refractivity contribution in [1.29, 1.82) is 0 Å². The predicted octanol–water partition coefficient (Wildman–Crippen LogP) is 2.30. The molecule has 0 unspecified atom stereocenters. The quantitative estimate of drug-likeness (QED) is 0.566. The predicted molar refractivity (Wildman–Crippen MR) is 115 cm³/mol. The molecule has 0 aliphatic heterocycles. The minimum Gasteiger partial charge on any atom is -0.345 e. The maximum Gasteiger partial charge on any atom is 0.262 e. The number of carbonyl (C=O) groups is 2. The molecule has 0 spiro atoms. The molecule has 0 aliphatic rings. The molecular formula is C22H21N5O3. The van der Waals surface area contributed by atoms with Gasteiger partial charge in [0, 0.05) is 31.4 Å². The number of nitrogens with one attached hydrogen (secondary N) is 1. The zero-order valence-corrected chi connectivity index (χ0v) is 16.9. The van der Waals surface area contributed by atoms with Crippen molar-refractivity contribution < 1.29 is 9.59 Å². The lowest BCUT2D eigenvalue weighted by Crippen LogP contribution is -2.29. The van der Waals surface area contributed by atoms with Gasteiger partial charge in [-0.25, -0.2) is 4.52 Å². The van der Waals surface area contributed by atoms with Crippen LogP contribution in [0.4, 0.5) is 5.69 Å². The second-order valence-electron chi connectivity index (χ2n) is 7.29. The van der Waals surface area contributed by atoms with Crippen LogP contribution in [0.25, 0.3) is 16.6 Å². The van der Waals surface area contributed by atoms with Gasteiger partial charge in [0.05, 0.1) is 16.6 Å². The Balaban J connectivity index is 1.64. The van der Waals surface area contributed by atoms with E-state index in [1.807, 2.05) is 19.1 Å². The lowest BCUT2D eigenvalue weighted by Gasteiger charge is -2.12. The van der Waals surface area contributed by atoms with Crippen molar-refractivity contribution >= 4 is 34.1 Å². The Labute approximate surface area is 172 Å². The SMILES string of the molecule is Cc1cc2n(CC(=O)Nc3ccc(C(=O)N(C)C)cc3)c(=O)c3ccccc3n2n1. The van der Waals surface area contributed by atoms with Gasteiger partial charge in [0.25, 0.3) is 11.5 Å². The molecule has 0 saturated carbocycles. The molecule has 30 heavy (non-hydrogen) atoms. The van der Waals surface area contributed by atoms with Gasteiger partial charge in [0.2, 0.25) is 5.91 Å². The number of aromatic nitrogens is 3. The van der Waals surface area contributed by atoms with Crippen LogP contribution in [0.1, 0.15) is 16.1 Å². The molecule has 0 saturated heterocycles. The number of rotatable bonds is 4. The molecule has 0 radical (unpaired) electrons. The number of anilines is 1. The van der Waals surface area contributed by atoms with E-state index < -0.39 is 0 Å². The van der Waals surface area contributed by atoms with Gasteiger partial charge in [-0.3, -0.25) is 19.0 Å². The number of hydrogen-bond donors (Lipinski definition) is 1. The number of nitrogens with zero attached hydrogens (tertiary/aromatic N) is 4.